The Labute approximate surface area is 111 Å². The SMILES string of the molecule is Oc1cc(F)cc(CNc2ccc(F)c(Br)c2)c1. The van der Waals surface area contributed by atoms with E-state index >= 15 is 0 Å². The Morgan fingerprint density at radius 3 is 2.56 bits per heavy atom. The van der Waals surface area contributed by atoms with Crippen LogP contribution in [-0.4, -0.2) is 5.11 Å². The van der Waals surface area contributed by atoms with Crippen molar-refractivity contribution < 1.29 is 13.9 Å². The molecular formula is C13H10BrF2NO. The van der Waals surface area contributed by atoms with E-state index < -0.39 is 5.82 Å². The van der Waals surface area contributed by atoms with Gasteiger partial charge in [0.05, 0.1) is 4.47 Å². The summed E-state index contributed by atoms with van der Waals surface area (Å²) in [6, 6.07) is 8.33. The minimum Gasteiger partial charge on any atom is -0.508 e. The number of phenolic OH excluding ortho intramolecular Hbond substituents is 1. The quantitative estimate of drug-likeness (QED) is 0.896. The Balaban J connectivity index is 2.08. The van der Waals surface area contributed by atoms with Gasteiger partial charge in [-0.05, 0) is 51.8 Å². The van der Waals surface area contributed by atoms with Gasteiger partial charge in [0.15, 0.2) is 0 Å². The molecular weight excluding hydrogens is 304 g/mol. The van der Waals surface area contributed by atoms with Crippen LogP contribution in [0.1, 0.15) is 5.56 Å². The maximum atomic E-state index is 13.0. The summed E-state index contributed by atoms with van der Waals surface area (Å²) in [5.41, 5.74) is 1.31. The first kappa shape index (κ1) is 12.8. The zero-order valence-electron chi connectivity index (χ0n) is 9.25. The molecule has 0 fully saturated rings. The van der Waals surface area contributed by atoms with E-state index in [9.17, 15) is 13.9 Å². The molecule has 0 aliphatic rings. The molecule has 0 spiro atoms. The summed E-state index contributed by atoms with van der Waals surface area (Å²) in [5, 5.41) is 12.3. The van der Waals surface area contributed by atoms with E-state index in [0.29, 0.717) is 22.3 Å². The van der Waals surface area contributed by atoms with Crippen LogP contribution >= 0.6 is 15.9 Å². The van der Waals surface area contributed by atoms with Crippen molar-refractivity contribution in [3.63, 3.8) is 0 Å². The molecule has 0 saturated carbocycles. The third-order valence-corrected chi connectivity index (χ3v) is 2.97. The predicted molar refractivity (Wildman–Crippen MR) is 69.5 cm³/mol. The summed E-state index contributed by atoms with van der Waals surface area (Å²) < 4.78 is 26.4. The molecule has 2 rings (SSSR count). The largest absolute Gasteiger partial charge is 0.508 e. The molecule has 0 atom stereocenters. The number of nitrogens with one attached hydrogen (secondary N) is 1. The summed E-state index contributed by atoms with van der Waals surface area (Å²) in [6.45, 7) is 0.337. The molecule has 2 N–H and O–H groups in total. The highest BCUT2D eigenvalue weighted by atomic mass is 79.9. The van der Waals surface area contributed by atoms with Gasteiger partial charge >= 0.3 is 0 Å². The van der Waals surface area contributed by atoms with E-state index in [-0.39, 0.29) is 11.6 Å². The predicted octanol–water partition coefficient (Wildman–Crippen LogP) is 4.05. The number of hydrogen-bond donors (Lipinski definition) is 2. The van der Waals surface area contributed by atoms with Crippen molar-refractivity contribution in [2.75, 3.05) is 5.32 Å². The number of benzene rings is 2. The zero-order chi connectivity index (χ0) is 13.1. The standard InChI is InChI=1S/C13H10BrF2NO/c14-12-6-10(1-2-13(12)16)17-7-8-3-9(15)5-11(18)4-8/h1-6,17-18H,7H2. The minimum absolute atomic E-state index is 0.118. The van der Waals surface area contributed by atoms with E-state index in [1.165, 1.54) is 18.2 Å². The van der Waals surface area contributed by atoms with Gasteiger partial charge in [0.25, 0.3) is 0 Å². The molecule has 0 radical (unpaired) electrons. The number of halogens is 3. The molecule has 2 aromatic rings. The highest BCUT2D eigenvalue weighted by Crippen LogP contribution is 2.21. The normalized spacial score (nSPS) is 10.4. The molecule has 2 nitrogen and oxygen atoms in total. The summed E-state index contributed by atoms with van der Waals surface area (Å²) >= 11 is 3.08. The van der Waals surface area contributed by atoms with E-state index in [2.05, 4.69) is 21.2 Å². The molecule has 0 aliphatic heterocycles. The van der Waals surface area contributed by atoms with Crippen molar-refractivity contribution in [2.24, 2.45) is 0 Å². The van der Waals surface area contributed by atoms with Crippen LogP contribution in [0.2, 0.25) is 0 Å². The number of phenols is 1. The van der Waals surface area contributed by atoms with E-state index in [1.807, 2.05) is 0 Å². The fourth-order valence-electron chi connectivity index (χ4n) is 1.55. The smallest absolute Gasteiger partial charge is 0.137 e. The Morgan fingerprint density at radius 2 is 1.89 bits per heavy atom. The van der Waals surface area contributed by atoms with Gasteiger partial charge in [-0.1, -0.05) is 0 Å². The van der Waals surface area contributed by atoms with Gasteiger partial charge in [0.2, 0.25) is 0 Å². The Bertz CT molecular complexity index is 555. The van der Waals surface area contributed by atoms with Crippen molar-refractivity contribution in [2.45, 2.75) is 6.54 Å². The van der Waals surface area contributed by atoms with E-state index in [4.69, 9.17) is 0 Å². The van der Waals surface area contributed by atoms with Gasteiger partial charge in [-0.2, -0.15) is 0 Å². The fraction of sp³-hybridized carbons (Fsp3) is 0.0769. The van der Waals surface area contributed by atoms with E-state index in [0.717, 1.165) is 6.07 Å². The zero-order valence-corrected chi connectivity index (χ0v) is 10.8. The first-order chi connectivity index (χ1) is 8.54. The van der Waals surface area contributed by atoms with Gasteiger partial charge in [-0.3, -0.25) is 0 Å². The average Bonchev–Trinajstić information content (AvgIpc) is 2.29. The van der Waals surface area contributed by atoms with Crippen molar-refractivity contribution in [1.29, 1.82) is 0 Å². The second-order valence-corrected chi connectivity index (χ2v) is 4.65. The molecule has 18 heavy (non-hydrogen) atoms. The van der Waals surface area contributed by atoms with Gasteiger partial charge in [-0.15, -0.1) is 0 Å². The molecule has 0 saturated heterocycles. The molecule has 0 aromatic heterocycles. The van der Waals surface area contributed by atoms with Crippen LogP contribution in [0.4, 0.5) is 14.5 Å². The monoisotopic (exact) mass is 313 g/mol. The molecule has 0 aliphatic carbocycles. The lowest BCUT2D eigenvalue weighted by atomic mass is 10.2. The van der Waals surface area contributed by atoms with Gasteiger partial charge in [0, 0.05) is 18.3 Å². The first-order valence-electron chi connectivity index (χ1n) is 5.22. The van der Waals surface area contributed by atoms with Crippen LogP contribution in [0.3, 0.4) is 0 Å². The molecule has 94 valence electrons. The van der Waals surface area contributed by atoms with Crippen LogP contribution < -0.4 is 5.32 Å². The van der Waals surface area contributed by atoms with Gasteiger partial charge in [0.1, 0.15) is 17.4 Å². The molecule has 0 amide bonds. The lowest BCUT2D eigenvalue weighted by Gasteiger charge is -2.08. The van der Waals surface area contributed by atoms with Crippen molar-refractivity contribution in [1.82, 2.24) is 0 Å². The lowest BCUT2D eigenvalue weighted by molar-refractivity contribution is 0.468. The Morgan fingerprint density at radius 1 is 1.11 bits per heavy atom. The second-order valence-electron chi connectivity index (χ2n) is 3.80. The molecule has 2 aromatic carbocycles. The summed E-state index contributed by atoms with van der Waals surface area (Å²) in [7, 11) is 0. The topological polar surface area (TPSA) is 32.3 Å². The van der Waals surface area contributed by atoms with Gasteiger partial charge < -0.3 is 10.4 Å². The number of hydrogen-bond acceptors (Lipinski definition) is 2. The maximum absolute atomic E-state index is 13.0. The van der Waals surface area contributed by atoms with Crippen molar-refractivity contribution in [3.8, 4) is 5.75 Å². The number of aromatic hydroxyl groups is 1. The highest BCUT2D eigenvalue weighted by molar-refractivity contribution is 9.10. The van der Waals surface area contributed by atoms with Crippen LogP contribution in [0.15, 0.2) is 40.9 Å². The third-order valence-electron chi connectivity index (χ3n) is 2.36. The first-order valence-corrected chi connectivity index (χ1v) is 6.01. The second kappa shape index (κ2) is 5.35. The number of anilines is 1. The minimum atomic E-state index is -0.493. The molecule has 0 heterocycles. The third kappa shape index (κ3) is 3.20. The summed E-state index contributed by atoms with van der Waals surface area (Å²) in [4.78, 5) is 0. The van der Waals surface area contributed by atoms with Crippen molar-refractivity contribution >= 4 is 21.6 Å². The Hall–Kier alpha value is -1.62. The molecule has 5 heteroatoms. The van der Waals surface area contributed by atoms with Crippen LogP contribution in [0.25, 0.3) is 0 Å². The highest BCUT2D eigenvalue weighted by Gasteiger charge is 2.02. The maximum Gasteiger partial charge on any atom is 0.137 e. The van der Waals surface area contributed by atoms with Crippen LogP contribution in [0.5, 0.6) is 5.75 Å². The van der Waals surface area contributed by atoms with Crippen LogP contribution in [0, 0.1) is 11.6 Å². The fourth-order valence-corrected chi connectivity index (χ4v) is 1.92. The molecule has 0 bridgehead atoms. The van der Waals surface area contributed by atoms with Crippen LogP contribution in [-0.2, 0) is 6.54 Å². The van der Waals surface area contributed by atoms with Crippen molar-refractivity contribution in [3.05, 3.63) is 58.1 Å². The summed E-state index contributed by atoms with van der Waals surface area (Å²) in [5.74, 6) is -0.955. The Kier molecular flexibility index (Phi) is 3.81. The molecule has 0 unspecified atom stereocenters. The number of rotatable bonds is 3. The van der Waals surface area contributed by atoms with E-state index in [1.54, 1.807) is 12.1 Å². The lowest BCUT2D eigenvalue weighted by Crippen LogP contribution is -2.00. The average molecular weight is 314 g/mol. The van der Waals surface area contributed by atoms with Gasteiger partial charge in [-0.25, -0.2) is 8.78 Å². The summed E-state index contributed by atoms with van der Waals surface area (Å²) in [6.07, 6.45) is 0.